The van der Waals surface area contributed by atoms with Gasteiger partial charge in [0.15, 0.2) is 9.04 Å². The lowest BCUT2D eigenvalue weighted by atomic mass is 10.1. The highest BCUT2D eigenvalue weighted by atomic mass is 28.3. The number of rotatable bonds is 10. The molecular formula is C15H30OSi. The molecule has 17 heavy (non-hydrogen) atoms. The fourth-order valence-corrected chi connectivity index (χ4v) is 5.19. The third kappa shape index (κ3) is 8.61. The molecule has 1 fully saturated rings. The molecule has 1 aliphatic rings. The average Bonchev–Trinajstić information content (AvgIpc) is 2.38. The summed E-state index contributed by atoms with van der Waals surface area (Å²) in [5.41, 5.74) is 0. The molecule has 0 spiro atoms. The number of allylic oxidation sites excluding steroid dienone is 1. The fraction of sp³-hybridized carbons (Fsp3) is 0.867. The Morgan fingerprint density at radius 2 is 1.65 bits per heavy atom. The molecule has 0 amide bonds. The predicted octanol–water partition coefficient (Wildman–Crippen LogP) is 4.83. The van der Waals surface area contributed by atoms with Crippen LogP contribution in [0.25, 0.3) is 0 Å². The van der Waals surface area contributed by atoms with E-state index in [1.165, 1.54) is 76.3 Å². The summed E-state index contributed by atoms with van der Waals surface area (Å²) < 4.78 is 5.88. The number of hydrogen-bond acceptors (Lipinski definition) is 1. The third-order valence-electron chi connectivity index (χ3n) is 3.71. The van der Waals surface area contributed by atoms with Crippen molar-refractivity contribution < 1.29 is 4.43 Å². The van der Waals surface area contributed by atoms with Crippen LogP contribution in [0.2, 0.25) is 12.1 Å². The number of hydrogen-bond donors (Lipinski definition) is 0. The van der Waals surface area contributed by atoms with Crippen LogP contribution < -0.4 is 0 Å². The Morgan fingerprint density at radius 1 is 0.941 bits per heavy atom. The summed E-state index contributed by atoms with van der Waals surface area (Å²) in [6, 6.07) is 2.89. The Kier molecular flexibility index (Phi) is 9.72. The highest BCUT2D eigenvalue weighted by Gasteiger charge is 2.14. The van der Waals surface area contributed by atoms with Crippen molar-refractivity contribution in [3.05, 3.63) is 12.7 Å². The topological polar surface area (TPSA) is 9.23 Å². The van der Waals surface area contributed by atoms with Gasteiger partial charge >= 0.3 is 0 Å². The zero-order valence-electron chi connectivity index (χ0n) is 11.5. The van der Waals surface area contributed by atoms with Crippen LogP contribution in [-0.2, 0) is 4.43 Å². The van der Waals surface area contributed by atoms with Crippen LogP contribution in [0.5, 0.6) is 0 Å². The van der Waals surface area contributed by atoms with E-state index in [-0.39, 0.29) is 0 Å². The van der Waals surface area contributed by atoms with Crippen molar-refractivity contribution in [1.29, 1.82) is 0 Å². The van der Waals surface area contributed by atoms with Gasteiger partial charge in [0.2, 0.25) is 0 Å². The average molecular weight is 254 g/mol. The maximum atomic E-state index is 5.88. The summed E-state index contributed by atoms with van der Waals surface area (Å²) in [5.74, 6) is 0. The van der Waals surface area contributed by atoms with Crippen molar-refractivity contribution in [2.45, 2.75) is 76.3 Å². The summed E-state index contributed by atoms with van der Waals surface area (Å²) in [5, 5.41) is 0. The molecule has 0 aromatic carbocycles. The van der Waals surface area contributed by atoms with E-state index in [2.05, 4.69) is 6.58 Å². The molecule has 2 heteroatoms. The van der Waals surface area contributed by atoms with Gasteiger partial charge in [-0.1, -0.05) is 51.0 Å². The van der Waals surface area contributed by atoms with Crippen LogP contribution in [0, 0.1) is 0 Å². The minimum Gasteiger partial charge on any atom is -0.420 e. The Balaban J connectivity index is 1.76. The van der Waals surface area contributed by atoms with Crippen molar-refractivity contribution in [3.63, 3.8) is 0 Å². The molecule has 1 atom stereocenters. The monoisotopic (exact) mass is 254 g/mol. The van der Waals surface area contributed by atoms with Gasteiger partial charge in [-0.3, -0.25) is 0 Å². The molecule has 0 aromatic rings. The van der Waals surface area contributed by atoms with Crippen LogP contribution in [0.4, 0.5) is 0 Å². The largest absolute Gasteiger partial charge is 0.420 e. The second kappa shape index (κ2) is 11.0. The van der Waals surface area contributed by atoms with Gasteiger partial charge in [-0.2, -0.15) is 0 Å². The van der Waals surface area contributed by atoms with Crippen LogP contribution in [0.3, 0.4) is 0 Å². The Bertz CT molecular complexity index is 176. The molecule has 1 nitrogen and oxygen atoms in total. The van der Waals surface area contributed by atoms with Crippen molar-refractivity contribution in [2.75, 3.05) is 6.61 Å². The SMILES string of the molecule is C=CCCCCCCCCC[SiH]1CCCCO1. The van der Waals surface area contributed by atoms with Crippen LogP contribution in [-0.4, -0.2) is 15.6 Å². The summed E-state index contributed by atoms with van der Waals surface area (Å²) >= 11 is 0. The molecular weight excluding hydrogens is 224 g/mol. The molecule has 1 unspecified atom stereocenters. The van der Waals surface area contributed by atoms with E-state index in [0.717, 1.165) is 6.61 Å². The Morgan fingerprint density at radius 3 is 2.29 bits per heavy atom. The van der Waals surface area contributed by atoms with Crippen molar-refractivity contribution in [2.24, 2.45) is 0 Å². The first-order valence-corrected chi connectivity index (χ1v) is 9.76. The molecule has 0 radical (unpaired) electrons. The molecule has 0 bridgehead atoms. The zero-order chi connectivity index (χ0) is 12.2. The van der Waals surface area contributed by atoms with Crippen LogP contribution in [0.15, 0.2) is 12.7 Å². The van der Waals surface area contributed by atoms with E-state index >= 15 is 0 Å². The zero-order valence-corrected chi connectivity index (χ0v) is 12.6. The summed E-state index contributed by atoms with van der Waals surface area (Å²) in [6.07, 6.45) is 15.9. The predicted molar refractivity (Wildman–Crippen MR) is 79.1 cm³/mol. The molecule has 1 saturated heterocycles. The minimum atomic E-state index is -0.712. The van der Waals surface area contributed by atoms with Gasteiger partial charge in [-0.05, 0) is 31.4 Å². The Hall–Kier alpha value is -0.0831. The lowest BCUT2D eigenvalue weighted by Crippen LogP contribution is -2.22. The maximum absolute atomic E-state index is 5.88. The van der Waals surface area contributed by atoms with E-state index in [1.54, 1.807) is 0 Å². The van der Waals surface area contributed by atoms with Gasteiger partial charge in [-0.25, -0.2) is 0 Å². The fourth-order valence-electron chi connectivity index (χ4n) is 2.58. The molecule has 0 saturated carbocycles. The first-order chi connectivity index (χ1) is 8.43. The third-order valence-corrected chi connectivity index (χ3v) is 6.52. The first-order valence-electron chi connectivity index (χ1n) is 7.66. The lowest BCUT2D eigenvalue weighted by molar-refractivity contribution is 0.285. The van der Waals surface area contributed by atoms with Gasteiger partial charge < -0.3 is 4.43 Å². The smallest absolute Gasteiger partial charge is 0.176 e. The van der Waals surface area contributed by atoms with Gasteiger partial charge in [0, 0.05) is 6.61 Å². The van der Waals surface area contributed by atoms with E-state index in [1.807, 2.05) is 6.08 Å². The molecule has 1 aliphatic heterocycles. The summed E-state index contributed by atoms with van der Waals surface area (Å²) in [6.45, 7) is 4.83. The van der Waals surface area contributed by atoms with E-state index in [0.29, 0.717) is 0 Å². The molecule has 0 N–H and O–H groups in total. The molecule has 1 rings (SSSR count). The van der Waals surface area contributed by atoms with E-state index < -0.39 is 9.04 Å². The summed E-state index contributed by atoms with van der Waals surface area (Å²) in [4.78, 5) is 0. The minimum absolute atomic E-state index is 0.712. The van der Waals surface area contributed by atoms with Gasteiger partial charge in [0.25, 0.3) is 0 Å². The Labute approximate surface area is 109 Å². The van der Waals surface area contributed by atoms with Gasteiger partial charge in [-0.15, -0.1) is 6.58 Å². The van der Waals surface area contributed by atoms with E-state index in [9.17, 15) is 0 Å². The lowest BCUT2D eigenvalue weighted by Gasteiger charge is -2.20. The maximum Gasteiger partial charge on any atom is 0.176 e. The second-order valence-corrected chi connectivity index (χ2v) is 8.06. The second-order valence-electron chi connectivity index (χ2n) is 5.33. The normalized spacial score (nSPS) is 20.4. The quantitative estimate of drug-likeness (QED) is 0.308. The molecule has 1 heterocycles. The van der Waals surface area contributed by atoms with Gasteiger partial charge in [0.1, 0.15) is 0 Å². The summed E-state index contributed by atoms with van der Waals surface area (Å²) in [7, 11) is -0.712. The number of unbranched alkanes of at least 4 members (excludes halogenated alkanes) is 7. The van der Waals surface area contributed by atoms with Crippen molar-refractivity contribution in [1.82, 2.24) is 0 Å². The first kappa shape index (κ1) is 15.0. The standard InChI is InChI=1S/C15H30OSi/c1-2-3-4-5-6-7-8-9-11-14-17-15-12-10-13-16-17/h2,17H,1,3-15H2. The van der Waals surface area contributed by atoms with Crippen LogP contribution in [0.1, 0.15) is 64.2 Å². The van der Waals surface area contributed by atoms with Gasteiger partial charge in [0.05, 0.1) is 0 Å². The van der Waals surface area contributed by atoms with Crippen LogP contribution >= 0.6 is 0 Å². The molecule has 0 aromatic heterocycles. The highest BCUT2D eigenvalue weighted by molar-refractivity contribution is 6.51. The van der Waals surface area contributed by atoms with Crippen molar-refractivity contribution in [3.8, 4) is 0 Å². The van der Waals surface area contributed by atoms with Crippen molar-refractivity contribution >= 4 is 9.04 Å². The van der Waals surface area contributed by atoms with E-state index in [4.69, 9.17) is 4.43 Å². The molecule has 0 aliphatic carbocycles. The highest BCUT2D eigenvalue weighted by Crippen LogP contribution is 2.17. The molecule has 100 valence electrons.